The molecule has 0 radical (unpaired) electrons. The minimum Gasteiger partial charge on any atom is -0.490 e. The van der Waals surface area contributed by atoms with Crippen molar-refractivity contribution in [1.82, 2.24) is 20.0 Å². The number of nitrogens with zero attached hydrogens (tertiary/aromatic N) is 6. The molecule has 13 nitrogen and oxygen atoms in total. The Morgan fingerprint density at radius 2 is 1.54 bits per heavy atom. The van der Waals surface area contributed by atoms with E-state index < -0.39 is 23.8 Å². The molecule has 1 spiro atoms. The van der Waals surface area contributed by atoms with E-state index >= 15 is 0 Å². The van der Waals surface area contributed by atoms with Gasteiger partial charge in [-0.25, -0.2) is 0 Å². The average molecular weight is 788 g/mol. The Morgan fingerprint density at radius 1 is 0.842 bits per heavy atom. The van der Waals surface area contributed by atoms with Crippen LogP contribution in [0.15, 0.2) is 60.7 Å². The van der Waals surface area contributed by atoms with Gasteiger partial charge in [-0.15, -0.1) is 0 Å². The fourth-order valence-corrected chi connectivity index (χ4v) is 10.7. The van der Waals surface area contributed by atoms with Crippen molar-refractivity contribution >= 4 is 52.5 Å². The van der Waals surface area contributed by atoms with Crippen LogP contribution in [0.4, 0.5) is 11.4 Å². The number of imide groups is 2. The molecule has 14 heteroatoms. The van der Waals surface area contributed by atoms with Crippen molar-refractivity contribution < 1.29 is 28.7 Å². The molecular formula is C43H42ClN7O6. The van der Waals surface area contributed by atoms with Crippen molar-refractivity contribution in [2.24, 2.45) is 11.3 Å². The number of anilines is 2. The van der Waals surface area contributed by atoms with Crippen LogP contribution in [0.3, 0.4) is 0 Å². The molecule has 6 saturated heterocycles. The lowest BCUT2D eigenvalue weighted by molar-refractivity contribution is -0.136. The van der Waals surface area contributed by atoms with Gasteiger partial charge in [0.2, 0.25) is 11.8 Å². The van der Waals surface area contributed by atoms with Gasteiger partial charge in [0, 0.05) is 111 Å². The highest BCUT2D eigenvalue weighted by atomic mass is 35.5. The summed E-state index contributed by atoms with van der Waals surface area (Å²) in [6.45, 7) is 6.93. The monoisotopic (exact) mass is 787 g/mol. The fourth-order valence-electron chi connectivity index (χ4n) is 10.5. The number of hydrogen-bond acceptors (Lipinski definition) is 10. The molecule has 3 aromatic carbocycles. The minimum absolute atomic E-state index is 0.00281. The largest absolute Gasteiger partial charge is 0.490 e. The highest BCUT2D eigenvalue weighted by Gasteiger charge is 2.52. The van der Waals surface area contributed by atoms with E-state index in [1.54, 1.807) is 30.3 Å². The number of carbonyl (C=O) groups excluding carboxylic acids is 5. The molecule has 5 amide bonds. The summed E-state index contributed by atoms with van der Waals surface area (Å²) >= 11 is 6.22. The quantitative estimate of drug-likeness (QED) is 0.332. The maximum absolute atomic E-state index is 13.7. The number of nitrogens with one attached hydrogen (secondary N) is 1. The summed E-state index contributed by atoms with van der Waals surface area (Å²) < 4.78 is 6.26. The molecule has 7 aliphatic rings. The van der Waals surface area contributed by atoms with Gasteiger partial charge < -0.3 is 24.3 Å². The molecule has 0 saturated carbocycles. The first-order chi connectivity index (χ1) is 27.5. The summed E-state index contributed by atoms with van der Waals surface area (Å²) in [6.07, 6.45) is 3.74. The summed E-state index contributed by atoms with van der Waals surface area (Å²) in [5.41, 5.74) is 4.12. The Bertz CT molecular complexity index is 2240. The van der Waals surface area contributed by atoms with Gasteiger partial charge in [-0.05, 0) is 73.9 Å². The van der Waals surface area contributed by atoms with Crippen LogP contribution < -0.4 is 19.9 Å². The van der Waals surface area contributed by atoms with E-state index in [9.17, 15) is 24.0 Å². The molecule has 0 aromatic heterocycles. The van der Waals surface area contributed by atoms with Crippen molar-refractivity contribution in [2.75, 3.05) is 55.6 Å². The number of nitriles is 1. The van der Waals surface area contributed by atoms with Crippen LogP contribution in [-0.2, 0) is 9.59 Å². The highest BCUT2D eigenvalue weighted by molar-refractivity contribution is 6.31. The number of carbonyl (C=O) groups is 5. The van der Waals surface area contributed by atoms with Crippen molar-refractivity contribution in [3.8, 4) is 11.8 Å². The molecule has 0 aliphatic carbocycles. The number of piperidine rings is 2. The van der Waals surface area contributed by atoms with E-state index in [-0.39, 0.29) is 42.8 Å². The molecule has 7 aliphatic heterocycles. The number of ether oxygens (including phenoxy) is 1. The second-order valence-corrected chi connectivity index (χ2v) is 17.5. The van der Waals surface area contributed by atoms with Crippen LogP contribution >= 0.6 is 11.6 Å². The Labute approximate surface area is 335 Å². The van der Waals surface area contributed by atoms with E-state index in [1.165, 1.54) is 0 Å². The standard InChI is InChI=1S/C43H42ClN7O6/c44-36-16-32(9-3-27(36)17-45)57-33-13-30-6-7-31(14-33)50(30)40(54)26-1-4-28(5-2-26)49-23-43(24-49)21-47(22-43)18-25-19-48(20-25)29-8-10-34-35(15-29)42(56)51(41(34)55)37-11-12-38(52)46-39(37)53/h1-5,8-10,15-16,25,30-31,33,37H,6-7,11-14,18-24H2,(H,46,52,53)/t30-,31+,33+,37?. The normalized spacial score (nSPS) is 26.5. The lowest BCUT2D eigenvalue weighted by Gasteiger charge is -2.62. The second-order valence-electron chi connectivity index (χ2n) is 17.1. The lowest BCUT2D eigenvalue weighted by Crippen LogP contribution is -2.73. The molecule has 7 heterocycles. The third-order valence-corrected chi connectivity index (χ3v) is 13.5. The van der Waals surface area contributed by atoms with E-state index in [0.717, 1.165) is 93.3 Å². The predicted octanol–water partition coefficient (Wildman–Crippen LogP) is 4.09. The maximum Gasteiger partial charge on any atom is 0.262 e. The molecule has 6 fully saturated rings. The van der Waals surface area contributed by atoms with Crippen molar-refractivity contribution in [3.63, 3.8) is 0 Å². The number of rotatable bonds is 8. The van der Waals surface area contributed by atoms with Crippen molar-refractivity contribution in [3.05, 3.63) is 87.9 Å². The van der Waals surface area contributed by atoms with Gasteiger partial charge in [0.15, 0.2) is 0 Å². The number of likely N-dealkylation sites (tertiary alicyclic amines) is 1. The SMILES string of the molecule is N#Cc1ccc(O[C@H]2C[C@H]3CC[C@@H](C2)N3C(=O)c2ccc(N3CC4(CN(CC5CN(c6ccc7c(c6)C(=O)N(C6CCC(=O)NC6=O)C7=O)C5)C4)C3)cc2)cc1Cl. The van der Waals surface area contributed by atoms with Gasteiger partial charge in [-0.2, -0.15) is 5.26 Å². The summed E-state index contributed by atoms with van der Waals surface area (Å²) in [6, 6.07) is 20.0. The van der Waals surface area contributed by atoms with E-state index in [4.69, 9.17) is 21.6 Å². The number of fused-ring (bicyclic) bond motifs is 3. The van der Waals surface area contributed by atoms with Crippen molar-refractivity contribution in [1.29, 1.82) is 5.26 Å². The van der Waals surface area contributed by atoms with E-state index in [2.05, 4.69) is 43.1 Å². The summed E-state index contributed by atoms with van der Waals surface area (Å²) in [5.74, 6) is -0.692. The van der Waals surface area contributed by atoms with Crippen LogP contribution in [0, 0.1) is 22.7 Å². The molecule has 4 atom stereocenters. The second kappa shape index (κ2) is 13.6. The van der Waals surface area contributed by atoms with Crippen LogP contribution in [-0.4, -0.2) is 114 Å². The highest BCUT2D eigenvalue weighted by Crippen LogP contribution is 2.44. The molecule has 292 valence electrons. The zero-order valence-corrected chi connectivity index (χ0v) is 32.1. The summed E-state index contributed by atoms with van der Waals surface area (Å²) in [5, 5.41) is 11.8. The van der Waals surface area contributed by atoms with Crippen LogP contribution in [0.5, 0.6) is 5.75 Å². The molecule has 1 unspecified atom stereocenters. The third kappa shape index (κ3) is 6.21. The lowest BCUT2D eigenvalue weighted by atomic mass is 9.72. The Balaban J connectivity index is 0.673. The molecule has 3 aromatic rings. The van der Waals surface area contributed by atoms with Crippen LogP contribution in [0.25, 0.3) is 0 Å². The first-order valence-corrected chi connectivity index (χ1v) is 20.3. The van der Waals surface area contributed by atoms with Gasteiger partial charge in [-0.3, -0.25) is 34.2 Å². The minimum atomic E-state index is -0.966. The Hall–Kier alpha value is -5.45. The van der Waals surface area contributed by atoms with Crippen LogP contribution in [0.2, 0.25) is 5.02 Å². The zero-order valence-electron chi connectivity index (χ0n) is 31.4. The first kappa shape index (κ1) is 35.9. The Morgan fingerprint density at radius 3 is 2.23 bits per heavy atom. The first-order valence-electron chi connectivity index (χ1n) is 19.9. The Kier molecular flexibility index (Phi) is 8.57. The van der Waals surface area contributed by atoms with Gasteiger partial charge in [0.05, 0.1) is 21.7 Å². The predicted molar refractivity (Wildman–Crippen MR) is 209 cm³/mol. The molecular weight excluding hydrogens is 746 g/mol. The molecule has 57 heavy (non-hydrogen) atoms. The maximum atomic E-state index is 13.7. The van der Waals surface area contributed by atoms with Gasteiger partial charge in [0.25, 0.3) is 17.7 Å². The molecule has 10 rings (SSSR count). The summed E-state index contributed by atoms with van der Waals surface area (Å²) in [7, 11) is 0. The average Bonchev–Trinajstić information content (AvgIpc) is 3.56. The van der Waals surface area contributed by atoms with Crippen LogP contribution in [0.1, 0.15) is 75.2 Å². The topological polar surface area (TPSA) is 147 Å². The fraction of sp³-hybridized carbons (Fsp3) is 0.442. The molecule has 1 N–H and O–H groups in total. The number of amides is 5. The molecule has 2 bridgehead atoms. The van der Waals surface area contributed by atoms with Gasteiger partial charge in [-0.1, -0.05) is 11.6 Å². The number of benzene rings is 3. The van der Waals surface area contributed by atoms with E-state index in [0.29, 0.717) is 38.8 Å². The van der Waals surface area contributed by atoms with Crippen molar-refractivity contribution in [2.45, 2.75) is 62.8 Å². The summed E-state index contributed by atoms with van der Waals surface area (Å²) in [4.78, 5) is 74.3. The number of halogens is 1. The van der Waals surface area contributed by atoms with Gasteiger partial charge >= 0.3 is 0 Å². The number of hydrogen-bond donors (Lipinski definition) is 1. The van der Waals surface area contributed by atoms with E-state index in [1.807, 2.05) is 18.2 Å². The van der Waals surface area contributed by atoms with Gasteiger partial charge in [0.1, 0.15) is 24.0 Å². The smallest absolute Gasteiger partial charge is 0.262 e. The third-order valence-electron chi connectivity index (χ3n) is 13.2. The zero-order chi connectivity index (χ0) is 39.2.